The first kappa shape index (κ1) is 28.8. The molecule has 2 fully saturated rings. The summed E-state index contributed by atoms with van der Waals surface area (Å²) in [6.07, 6.45) is -4.76. The molecule has 9 atom stereocenters. The van der Waals surface area contributed by atoms with Gasteiger partial charge in [-0.3, -0.25) is 0 Å². The number of ether oxygens (including phenoxy) is 5. The number of aromatic hydroxyl groups is 2. The van der Waals surface area contributed by atoms with Gasteiger partial charge < -0.3 is 54.3 Å². The van der Waals surface area contributed by atoms with E-state index in [0.29, 0.717) is 18.4 Å². The second-order valence-electron chi connectivity index (χ2n) is 9.96. The lowest BCUT2D eigenvalue weighted by Gasteiger charge is -2.44. The highest BCUT2D eigenvalue weighted by molar-refractivity contribution is 5.89. The Labute approximate surface area is 223 Å². The van der Waals surface area contributed by atoms with Crippen molar-refractivity contribution < 1.29 is 63.9 Å². The van der Waals surface area contributed by atoms with Crippen molar-refractivity contribution in [1.82, 2.24) is 0 Å². The number of phenolic OH excluding ortho intramolecular Hbond substituents is 2. The maximum Gasteiger partial charge on any atom is 0.337 e. The Bertz CT molecular complexity index is 1130. The lowest BCUT2D eigenvalue weighted by atomic mass is 9.81. The quantitative estimate of drug-likeness (QED) is 0.146. The molecule has 0 unspecified atom stereocenters. The van der Waals surface area contributed by atoms with Crippen molar-refractivity contribution in [2.75, 3.05) is 13.7 Å². The minimum atomic E-state index is -1.73. The van der Waals surface area contributed by atoms with Gasteiger partial charge >= 0.3 is 11.9 Å². The molecular formula is C26H32O13. The van der Waals surface area contributed by atoms with Gasteiger partial charge in [-0.05, 0) is 43.5 Å². The van der Waals surface area contributed by atoms with Crippen LogP contribution in [-0.4, -0.2) is 98.9 Å². The third kappa shape index (κ3) is 6.03. The van der Waals surface area contributed by atoms with Crippen LogP contribution in [0.1, 0.15) is 25.3 Å². The van der Waals surface area contributed by atoms with Crippen LogP contribution in [0.25, 0.3) is 6.08 Å². The molecule has 0 radical (unpaired) electrons. The zero-order valence-corrected chi connectivity index (χ0v) is 21.2. The molecule has 13 nitrogen and oxygen atoms in total. The van der Waals surface area contributed by atoms with Gasteiger partial charge in [0.15, 0.2) is 17.8 Å². The number of esters is 2. The Morgan fingerprint density at radius 1 is 1.10 bits per heavy atom. The fourth-order valence-corrected chi connectivity index (χ4v) is 5.13. The van der Waals surface area contributed by atoms with Gasteiger partial charge in [0.2, 0.25) is 6.29 Å². The second-order valence-corrected chi connectivity index (χ2v) is 9.96. The topological polar surface area (TPSA) is 202 Å². The Balaban J connectivity index is 1.41. The molecule has 0 spiro atoms. The summed E-state index contributed by atoms with van der Waals surface area (Å²) in [5.41, 5.74) is -0.654. The molecule has 2 aliphatic heterocycles. The normalized spacial score (nSPS) is 36.1. The monoisotopic (exact) mass is 552 g/mol. The smallest absolute Gasteiger partial charge is 0.337 e. The van der Waals surface area contributed by atoms with Gasteiger partial charge in [-0.25, -0.2) is 9.59 Å². The number of rotatable bonds is 7. The molecule has 0 aromatic heterocycles. The predicted octanol–water partition coefficient (Wildman–Crippen LogP) is -0.331. The molecule has 13 heteroatoms. The second kappa shape index (κ2) is 11.5. The molecule has 4 rings (SSSR count). The van der Waals surface area contributed by atoms with Crippen molar-refractivity contribution in [3.63, 3.8) is 0 Å². The van der Waals surface area contributed by atoms with E-state index in [1.165, 1.54) is 37.6 Å². The number of aliphatic hydroxyl groups is 4. The lowest BCUT2D eigenvalue weighted by molar-refractivity contribution is -0.346. The molecule has 1 aromatic rings. The predicted molar refractivity (Wildman–Crippen MR) is 129 cm³/mol. The van der Waals surface area contributed by atoms with Crippen LogP contribution >= 0.6 is 0 Å². The number of aliphatic hydroxyl groups excluding tert-OH is 3. The van der Waals surface area contributed by atoms with E-state index in [4.69, 9.17) is 23.7 Å². The van der Waals surface area contributed by atoms with Crippen LogP contribution in [0.3, 0.4) is 0 Å². The Morgan fingerprint density at radius 3 is 2.54 bits per heavy atom. The summed E-state index contributed by atoms with van der Waals surface area (Å²) in [6.45, 7) is 1.06. The number of phenols is 2. The third-order valence-electron chi connectivity index (χ3n) is 7.29. The van der Waals surface area contributed by atoms with E-state index in [9.17, 15) is 40.2 Å². The Morgan fingerprint density at radius 2 is 1.85 bits per heavy atom. The third-order valence-corrected chi connectivity index (χ3v) is 7.29. The summed E-state index contributed by atoms with van der Waals surface area (Å²) in [6, 6.07) is 3.93. The number of methoxy groups -OCH3 is 1. The number of fused-ring (bicyclic) bond motifs is 1. The van der Waals surface area contributed by atoms with Crippen molar-refractivity contribution in [2.45, 2.75) is 62.4 Å². The lowest BCUT2D eigenvalue weighted by Crippen LogP contribution is -2.61. The van der Waals surface area contributed by atoms with Crippen LogP contribution in [0.5, 0.6) is 11.5 Å². The van der Waals surface area contributed by atoms with Gasteiger partial charge in [-0.15, -0.1) is 0 Å². The molecule has 6 N–H and O–H groups in total. The van der Waals surface area contributed by atoms with E-state index in [1.807, 2.05) is 0 Å². The van der Waals surface area contributed by atoms with Crippen LogP contribution in [0.2, 0.25) is 0 Å². The van der Waals surface area contributed by atoms with E-state index in [1.54, 1.807) is 6.92 Å². The summed E-state index contributed by atoms with van der Waals surface area (Å²) in [7, 11) is 1.23. The molecule has 0 amide bonds. The van der Waals surface area contributed by atoms with E-state index in [0.717, 1.165) is 6.08 Å². The summed E-state index contributed by atoms with van der Waals surface area (Å²) >= 11 is 0. The first-order chi connectivity index (χ1) is 18.4. The zero-order valence-electron chi connectivity index (χ0n) is 21.2. The number of carbonyl (C=O) groups is 2. The van der Waals surface area contributed by atoms with E-state index in [2.05, 4.69) is 0 Å². The molecule has 1 saturated heterocycles. The maximum atomic E-state index is 12.2. The molecule has 39 heavy (non-hydrogen) atoms. The highest BCUT2D eigenvalue weighted by Gasteiger charge is 2.56. The minimum Gasteiger partial charge on any atom is -0.504 e. The van der Waals surface area contributed by atoms with Crippen LogP contribution < -0.4 is 0 Å². The largest absolute Gasteiger partial charge is 0.504 e. The molecule has 1 saturated carbocycles. The van der Waals surface area contributed by atoms with Crippen molar-refractivity contribution in [1.29, 1.82) is 0 Å². The first-order valence-corrected chi connectivity index (χ1v) is 12.3. The van der Waals surface area contributed by atoms with E-state index in [-0.39, 0.29) is 17.1 Å². The fraction of sp³-hybridized carbons (Fsp3) is 0.538. The van der Waals surface area contributed by atoms with E-state index < -0.39 is 73.0 Å². The highest BCUT2D eigenvalue weighted by atomic mass is 16.8. The SMILES string of the molecule is COC(=O)C1=CO[C@H](O[C@H]2O[C@@H](COC(=O)C=Cc3ccc(O)c(O)c3)[C@H](O)[C@H](O)[C@@H]2O)[C@@H]2[C@@H]1CC[C@]2(C)O. The Kier molecular flexibility index (Phi) is 8.49. The number of carbonyl (C=O) groups excluding carboxylic acids is 2. The molecule has 2 heterocycles. The number of hydrogen-bond donors (Lipinski definition) is 6. The van der Waals surface area contributed by atoms with Gasteiger partial charge in [-0.2, -0.15) is 0 Å². The minimum absolute atomic E-state index is 0.237. The van der Waals surface area contributed by atoms with Gasteiger partial charge in [0.05, 0.1) is 30.5 Å². The summed E-state index contributed by atoms with van der Waals surface area (Å²) in [4.78, 5) is 24.4. The van der Waals surface area contributed by atoms with Crippen LogP contribution in [0, 0.1) is 11.8 Å². The van der Waals surface area contributed by atoms with Crippen molar-refractivity contribution >= 4 is 18.0 Å². The molecular weight excluding hydrogens is 520 g/mol. The highest BCUT2D eigenvalue weighted by Crippen LogP contribution is 2.49. The zero-order chi connectivity index (χ0) is 28.5. The standard InChI is InChI=1S/C26H32O13/c1-26(34)8-7-13-14(23(33)35-2)10-37-24(19(13)26)39-25-22(32)21(31)20(30)17(38-25)11-36-18(29)6-4-12-3-5-15(27)16(28)9-12/h3-6,9-10,13,17,19-22,24-25,27-28,30-32,34H,7-8,11H2,1-2H3/t13-,17+,19+,20+,21+,22+,24-,25-,26+/m1/s1. The maximum absolute atomic E-state index is 12.2. The van der Waals surface area contributed by atoms with Crippen LogP contribution in [-0.2, 0) is 33.3 Å². The van der Waals surface area contributed by atoms with Crippen molar-refractivity contribution in [3.05, 3.63) is 41.7 Å². The average molecular weight is 553 g/mol. The van der Waals surface area contributed by atoms with Gasteiger partial charge in [0.1, 0.15) is 31.0 Å². The van der Waals surface area contributed by atoms with Gasteiger partial charge in [-0.1, -0.05) is 6.07 Å². The number of hydrogen-bond acceptors (Lipinski definition) is 13. The summed E-state index contributed by atoms with van der Waals surface area (Å²) < 4.78 is 26.9. The average Bonchev–Trinajstić information content (AvgIpc) is 3.24. The molecule has 0 bridgehead atoms. The van der Waals surface area contributed by atoms with Crippen molar-refractivity contribution in [3.8, 4) is 11.5 Å². The molecule has 3 aliphatic rings. The fourth-order valence-electron chi connectivity index (χ4n) is 5.13. The molecule has 1 aromatic carbocycles. The van der Waals surface area contributed by atoms with Crippen LogP contribution in [0.15, 0.2) is 36.1 Å². The number of benzene rings is 1. The van der Waals surface area contributed by atoms with E-state index >= 15 is 0 Å². The van der Waals surface area contributed by atoms with Gasteiger partial charge in [0.25, 0.3) is 0 Å². The Hall–Kier alpha value is -3.20. The summed E-state index contributed by atoms with van der Waals surface area (Å²) in [5.74, 6) is -3.32. The molecule has 1 aliphatic carbocycles. The van der Waals surface area contributed by atoms with Crippen LogP contribution in [0.4, 0.5) is 0 Å². The summed E-state index contributed by atoms with van der Waals surface area (Å²) in [5, 5.41) is 61.1. The first-order valence-electron chi connectivity index (χ1n) is 12.3. The van der Waals surface area contributed by atoms with Crippen molar-refractivity contribution in [2.24, 2.45) is 11.8 Å². The van der Waals surface area contributed by atoms with Gasteiger partial charge in [0, 0.05) is 12.0 Å². The molecule has 214 valence electrons.